The molecule has 1 amide bonds. The van der Waals surface area contributed by atoms with Crippen LogP contribution in [0.2, 0.25) is 10.0 Å². The Morgan fingerprint density at radius 3 is 2.70 bits per heavy atom. The highest BCUT2D eigenvalue weighted by molar-refractivity contribution is 8.00. The first-order chi connectivity index (χ1) is 13.0. The van der Waals surface area contributed by atoms with Crippen LogP contribution in [0.25, 0.3) is 17.1 Å². The van der Waals surface area contributed by atoms with Crippen molar-refractivity contribution in [1.29, 1.82) is 0 Å². The van der Waals surface area contributed by atoms with Gasteiger partial charge in [0, 0.05) is 31.5 Å². The zero-order valence-corrected chi connectivity index (χ0v) is 16.7. The van der Waals surface area contributed by atoms with Crippen LogP contribution in [0.4, 0.5) is 0 Å². The number of rotatable bonds is 4. The minimum Gasteiger partial charge on any atom is -0.345 e. The molecular weight excluding hydrogens is 405 g/mol. The maximum atomic E-state index is 12.3. The van der Waals surface area contributed by atoms with Gasteiger partial charge in [-0.2, -0.15) is 0 Å². The molecule has 0 aliphatic carbocycles. The second kappa shape index (κ2) is 7.50. The van der Waals surface area contributed by atoms with Crippen LogP contribution in [0, 0.1) is 0 Å². The molecule has 1 aliphatic rings. The van der Waals surface area contributed by atoms with E-state index < -0.39 is 0 Å². The Labute approximate surface area is 170 Å². The molecule has 1 aromatic carbocycles. The van der Waals surface area contributed by atoms with E-state index in [0.29, 0.717) is 21.0 Å². The Kier molecular flexibility index (Phi) is 5.08. The molecule has 1 unspecified atom stereocenters. The second-order valence-electron chi connectivity index (χ2n) is 6.14. The van der Waals surface area contributed by atoms with E-state index in [9.17, 15) is 4.79 Å². The van der Waals surface area contributed by atoms with Crippen LogP contribution in [-0.2, 0) is 4.79 Å². The molecule has 4 rings (SSSR count). The Balaban J connectivity index is 1.81. The molecule has 27 heavy (non-hydrogen) atoms. The van der Waals surface area contributed by atoms with Crippen molar-refractivity contribution in [3.63, 3.8) is 0 Å². The normalized spacial score (nSPS) is 16.9. The monoisotopic (exact) mass is 419 g/mol. The summed E-state index contributed by atoms with van der Waals surface area (Å²) in [7, 11) is 1.81. The number of thioether (sulfide) groups is 1. The maximum absolute atomic E-state index is 12.3. The standard InChI is InChI=1S/C18H15Cl2N5OS/c1-24-8-6-15(17(24)26)27-18-23-22-16(11-3-2-7-21-10-11)25(18)12-4-5-13(19)14(20)9-12/h2-5,7,9-10,15H,6,8H2,1H3. The largest absolute Gasteiger partial charge is 0.345 e. The molecule has 3 heterocycles. The molecule has 0 saturated carbocycles. The van der Waals surface area contributed by atoms with Gasteiger partial charge in [0.2, 0.25) is 5.91 Å². The average molecular weight is 420 g/mol. The SMILES string of the molecule is CN1CCC(Sc2nnc(-c3cccnc3)n2-c2ccc(Cl)c(Cl)c2)C1=O. The molecule has 2 aromatic heterocycles. The quantitative estimate of drug-likeness (QED) is 0.640. The molecule has 1 saturated heterocycles. The topological polar surface area (TPSA) is 63.9 Å². The Hall–Kier alpha value is -2.09. The molecule has 6 nitrogen and oxygen atoms in total. The number of carbonyl (C=O) groups is 1. The zero-order chi connectivity index (χ0) is 19.0. The van der Waals surface area contributed by atoms with Gasteiger partial charge in [-0.25, -0.2) is 0 Å². The number of aromatic nitrogens is 4. The summed E-state index contributed by atoms with van der Waals surface area (Å²) in [4.78, 5) is 18.2. The predicted octanol–water partition coefficient (Wildman–Crippen LogP) is 3.96. The van der Waals surface area contributed by atoms with Crippen LogP contribution in [0.5, 0.6) is 0 Å². The number of pyridine rings is 1. The van der Waals surface area contributed by atoms with E-state index in [4.69, 9.17) is 23.2 Å². The molecule has 0 N–H and O–H groups in total. The maximum Gasteiger partial charge on any atom is 0.235 e. The summed E-state index contributed by atoms with van der Waals surface area (Å²) >= 11 is 13.7. The van der Waals surface area contributed by atoms with Gasteiger partial charge in [0.1, 0.15) is 0 Å². The fraction of sp³-hybridized carbons (Fsp3) is 0.222. The molecule has 1 atom stereocenters. The van der Waals surface area contributed by atoms with Crippen LogP contribution in [0.3, 0.4) is 0 Å². The lowest BCUT2D eigenvalue weighted by Crippen LogP contribution is -2.24. The highest BCUT2D eigenvalue weighted by atomic mass is 35.5. The van der Waals surface area contributed by atoms with Crippen LogP contribution >= 0.6 is 35.0 Å². The fourth-order valence-electron chi connectivity index (χ4n) is 2.91. The summed E-state index contributed by atoms with van der Waals surface area (Å²) < 4.78 is 1.88. The van der Waals surface area contributed by atoms with Gasteiger partial charge in [-0.15, -0.1) is 10.2 Å². The van der Waals surface area contributed by atoms with Crippen molar-refractivity contribution in [2.24, 2.45) is 0 Å². The molecule has 1 aliphatic heterocycles. The second-order valence-corrected chi connectivity index (χ2v) is 8.12. The van der Waals surface area contributed by atoms with E-state index in [1.54, 1.807) is 29.4 Å². The number of likely N-dealkylation sites (tertiary alicyclic amines) is 1. The Bertz CT molecular complexity index is 995. The van der Waals surface area contributed by atoms with Crippen molar-refractivity contribution in [3.05, 3.63) is 52.8 Å². The Morgan fingerprint density at radius 2 is 2.04 bits per heavy atom. The summed E-state index contributed by atoms with van der Waals surface area (Å²) in [5, 5.41) is 10.1. The number of hydrogen-bond donors (Lipinski definition) is 0. The summed E-state index contributed by atoms with van der Waals surface area (Å²) in [5.74, 6) is 0.731. The third kappa shape index (κ3) is 3.54. The van der Waals surface area contributed by atoms with E-state index >= 15 is 0 Å². The summed E-state index contributed by atoms with van der Waals surface area (Å²) in [6.07, 6.45) is 4.20. The first-order valence-electron chi connectivity index (χ1n) is 8.27. The third-order valence-corrected chi connectivity index (χ3v) is 6.28. The van der Waals surface area contributed by atoms with E-state index in [1.807, 2.05) is 29.8 Å². The van der Waals surface area contributed by atoms with Gasteiger partial charge in [0.15, 0.2) is 11.0 Å². The first kappa shape index (κ1) is 18.3. The van der Waals surface area contributed by atoms with Crippen molar-refractivity contribution in [3.8, 4) is 17.1 Å². The van der Waals surface area contributed by atoms with E-state index in [-0.39, 0.29) is 11.2 Å². The number of halogens is 2. The van der Waals surface area contributed by atoms with Crippen LogP contribution < -0.4 is 0 Å². The van der Waals surface area contributed by atoms with Crippen LogP contribution in [-0.4, -0.2) is 49.4 Å². The van der Waals surface area contributed by atoms with Crippen molar-refractivity contribution in [2.45, 2.75) is 16.8 Å². The number of amides is 1. The minimum atomic E-state index is -0.178. The van der Waals surface area contributed by atoms with Gasteiger partial charge >= 0.3 is 0 Å². The average Bonchev–Trinajstić information content (AvgIpc) is 3.23. The number of nitrogens with zero attached hydrogens (tertiary/aromatic N) is 5. The van der Waals surface area contributed by atoms with Gasteiger partial charge in [0.25, 0.3) is 0 Å². The van der Waals surface area contributed by atoms with E-state index in [2.05, 4.69) is 15.2 Å². The van der Waals surface area contributed by atoms with Gasteiger partial charge in [-0.05, 0) is 36.8 Å². The summed E-state index contributed by atoms with van der Waals surface area (Å²) in [6.45, 7) is 0.743. The minimum absolute atomic E-state index is 0.103. The van der Waals surface area contributed by atoms with E-state index in [1.165, 1.54) is 11.8 Å². The zero-order valence-electron chi connectivity index (χ0n) is 14.3. The molecule has 0 radical (unpaired) electrons. The fourth-order valence-corrected chi connectivity index (χ4v) is 4.35. The summed E-state index contributed by atoms with van der Waals surface area (Å²) in [5.41, 5.74) is 1.59. The number of benzene rings is 1. The smallest absolute Gasteiger partial charge is 0.235 e. The number of carbonyl (C=O) groups excluding carboxylic acids is 1. The van der Waals surface area contributed by atoms with Gasteiger partial charge in [-0.1, -0.05) is 35.0 Å². The van der Waals surface area contributed by atoms with Crippen molar-refractivity contribution in [1.82, 2.24) is 24.6 Å². The van der Waals surface area contributed by atoms with Crippen molar-refractivity contribution >= 4 is 40.9 Å². The van der Waals surface area contributed by atoms with Gasteiger partial charge in [-0.3, -0.25) is 14.3 Å². The van der Waals surface area contributed by atoms with Crippen LogP contribution in [0.1, 0.15) is 6.42 Å². The Morgan fingerprint density at radius 1 is 1.19 bits per heavy atom. The molecular formula is C18H15Cl2N5OS. The molecule has 3 aromatic rings. The van der Waals surface area contributed by atoms with Crippen LogP contribution in [0.15, 0.2) is 47.9 Å². The molecule has 9 heteroatoms. The van der Waals surface area contributed by atoms with Crippen molar-refractivity contribution < 1.29 is 4.79 Å². The van der Waals surface area contributed by atoms with Crippen molar-refractivity contribution in [2.75, 3.05) is 13.6 Å². The molecule has 0 spiro atoms. The molecule has 0 bridgehead atoms. The highest BCUT2D eigenvalue weighted by Crippen LogP contribution is 2.35. The highest BCUT2D eigenvalue weighted by Gasteiger charge is 2.32. The first-order valence-corrected chi connectivity index (χ1v) is 9.91. The molecule has 138 valence electrons. The summed E-state index contributed by atoms with van der Waals surface area (Å²) in [6, 6.07) is 9.10. The lowest BCUT2D eigenvalue weighted by Gasteiger charge is -2.13. The van der Waals surface area contributed by atoms with Gasteiger partial charge < -0.3 is 4.90 Å². The predicted molar refractivity (Wildman–Crippen MR) is 107 cm³/mol. The third-order valence-electron chi connectivity index (χ3n) is 4.34. The lowest BCUT2D eigenvalue weighted by molar-refractivity contribution is -0.126. The van der Waals surface area contributed by atoms with E-state index in [0.717, 1.165) is 24.2 Å². The molecule has 1 fully saturated rings. The van der Waals surface area contributed by atoms with Gasteiger partial charge in [0.05, 0.1) is 21.0 Å². The number of hydrogen-bond acceptors (Lipinski definition) is 5. The lowest BCUT2D eigenvalue weighted by atomic mass is 10.2.